The van der Waals surface area contributed by atoms with Crippen molar-refractivity contribution in [2.75, 3.05) is 26.3 Å². The minimum atomic E-state index is -4.45. The van der Waals surface area contributed by atoms with Crippen molar-refractivity contribution in [2.45, 2.75) is 25.9 Å². The number of halogens is 3. The average molecular weight is 360 g/mol. The summed E-state index contributed by atoms with van der Waals surface area (Å²) in [5.74, 6) is -1.23. The summed E-state index contributed by atoms with van der Waals surface area (Å²) < 4.78 is 45.8. The maximum Gasteiger partial charge on any atom is 0.422 e. The van der Waals surface area contributed by atoms with Crippen LogP contribution in [0.15, 0.2) is 18.3 Å². The van der Waals surface area contributed by atoms with Crippen LogP contribution in [0.3, 0.4) is 0 Å². The number of nitrogens with zero attached hydrogens (tertiary/aromatic N) is 2. The molecular formula is C16H19F3N2O4. The van der Waals surface area contributed by atoms with Crippen molar-refractivity contribution >= 4 is 11.9 Å². The summed E-state index contributed by atoms with van der Waals surface area (Å²) in [6, 6.07) is 2.57. The lowest BCUT2D eigenvalue weighted by Crippen LogP contribution is -2.42. The van der Waals surface area contributed by atoms with E-state index in [2.05, 4.69) is 9.72 Å². The molecule has 2 heterocycles. The molecule has 0 aromatic carbocycles. The van der Waals surface area contributed by atoms with E-state index in [1.54, 1.807) is 6.92 Å². The van der Waals surface area contributed by atoms with Gasteiger partial charge in [0.25, 0.3) is 5.91 Å². The first-order chi connectivity index (χ1) is 11.8. The van der Waals surface area contributed by atoms with Gasteiger partial charge in [-0.1, -0.05) is 0 Å². The molecule has 0 N–H and O–H groups in total. The Balaban J connectivity index is 1.96. The van der Waals surface area contributed by atoms with E-state index >= 15 is 0 Å². The van der Waals surface area contributed by atoms with E-state index in [1.165, 1.54) is 23.2 Å². The van der Waals surface area contributed by atoms with Gasteiger partial charge in [-0.15, -0.1) is 0 Å². The molecule has 1 unspecified atom stereocenters. The fourth-order valence-electron chi connectivity index (χ4n) is 2.54. The predicted molar refractivity (Wildman–Crippen MR) is 81.0 cm³/mol. The molecule has 6 nitrogen and oxygen atoms in total. The Hall–Kier alpha value is -2.32. The Morgan fingerprint density at radius 2 is 2.12 bits per heavy atom. The molecule has 0 bridgehead atoms. The lowest BCUT2D eigenvalue weighted by molar-refractivity contribution is -0.154. The van der Waals surface area contributed by atoms with E-state index in [-0.39, 0.29) is 42.4 Å². The highest BCUT2D eigenvalue weighted by Crippen LogP contribution is 2.21. The molecule has 9 heteroatoms. The van der Waals surface area contributed by atoms with Gasteiger partial charge in [0.15, 0.2) is 6.61 Å². The summed E-state index contributed by atoms with van der Waals surface area (Å²) in [6.07, 6.45) is -1.95. The van der Waals surface area contributed by atoms with Gasteiger partial charge in [0.2, 0.25) is 5.88 Å². The van der Waals surface area contributed by atoms with Crippen LogP contribution in [0.4, 0.5) is 13.2 Å². The Labute approximate surface area is 142 Å². The molecule has 2 rings (SSSR count). The summed E-state index contributed by atoms with van der Waals surface area (Å²) >= 11 is 0. The number of rotatable bonds is 5. The Morgan fingerprint density at radius 3 is 2.72 bits per heavy atom. The van der Waals surface area contributed by atoms with Crippen LogP contribution in [-0.2, 0) is 9.53 Å². The summed E-state index contributed by atoms with van der Waals surface area (Å²) in [6.45, 7) is 1.32. The number of carbonyl (C=O) groups is 2. The van der Waals surface area contributed by atoms with Crippen molar-refractivity contribution in [1.82, 2.24) is 9.88 Å². The minimum absolute atomic E-state index is 0.211. The first-order valence-corrected chi connectivity index (χ1v) is 7.91. The molecule has 1 aliphatic rings. The number of amides is 1. The van der Waals surface area contributed by atoms with Crippen LogP contribution >= 0.6 is 0 Å². The van der Waals surface area contributed by atoms with Gasteiger partial charge in [-0.2, -0.15) is 13.2 Å². The first kappa shape index (κ1) is 19.0. The molecule has 0 radical (unpaired) electrons. The van der Waals surface area contributed by atoms with Gasteiger partial charge >= 0.3 is 12.1 Å². The summed E-state index contributed by atoms with van der Waals surface area (Å²) in [5, 5.41) is 0. The average Bonchev–Trinajstić information content (AvgIpc) is 2.59. The maximum absolute atomic E-state index is 12.5. The van der Waals surface area contributed by atoms with Gasteiger partial charge in [0.1, 0.15) is 0 Å². The lowest BCUT2D eigenvalue weighted by Gasteiger charge is -2.31. The van der Waals surface area contributed by atoms with Gasteiger partial charge < -0.3 is 14.4 Å². The monoisotopic (exact) mass is 360 g/mol. The Bertz CT molecular complexity index is 604. The molecule has 1 aliphatic heterocycles. The molecular weight excluding hydrogens is 341 g/mol. The highest BCUT2D eigenvalue weighted by atomic mass is 19.4. The molecule has 0 spiro atoms. The Kier molecular flexibility index (Phi) is 6.22. The van der Waals surface area contributed by atoms with E-state index in [0.717, 1.165) is 0 Å². The fourth-order valence-corrected chi connectivity index (χ4v) is 2.54. The molecule has 138 valence electrons. The fraction of sp³-hybridized carbons (Fsp3) is 0.562. The van der Waals surface area contributed by atoms with Gasteiger partial charge in [0.05, 0.1) is 18.1 Å². The van der Waals surface area contributed by atoms with E-state index in [9.17, 15) is 22.8 Å². The third-order valence-electron chi connectivity index (χ3n) is 3.70. The van der Waals surface area contributed by atoms with E-state index in [1.807, 2.05) is 0 Å². The third kappa shape index (κ3) is 5.61. The number of aromatic nitrogens is 1. The second-order valence-corrected chi connectivity index (χ2v) is 5.63. The van der Waals surface area contributed by atoms with Crippen molar-refractivity contribution in [3.05, 3.63) is 23.9 Å². The Morgan fingerprint density at radius 1 is 1.36 bits per heavy atom. The molecule has 0 aliphatic carbocycles. The van der Waals surface area contributed by atoms with Crippen LogP contribution < -0.4 is 4.74 Å². The summed E-state index contributed by atoms with van der Waals surface area (Å²) in [4.78, 5) is 29.5. The standard InChI is InChI=1S/C16H19F3N2O4/c1-2-24-15(23)12-4-3-7-21(9-12)14(22)11-5-6-13(20-8-11)25-10-16(17,18)19/h5-6,8,12H,2-4,7,9-10H2,1H3. The zero-order valence-electron chi connectivity index (χ0n) is 13.7. The minimum Gasteiger partial charge on any atom is -0.468 e. The molecule has 1 amide bonds. The molecule has 25 heavy (non-hydrogen) atoms. The summed E-state index contributed by atoms with van der Waals surface area (Å²) in [5.41, 5.74) is 0.226. The first-order valence-electron chi connectivity index (χ1n) is 7.91. The number of ether oxygens (including phenoxy) is 2. The van der Waals surface area contributed by atoms with Crippen LogP contribution in [0, 0.1) is 5.92 Å². The normalized spacial score (nSPS) is 17.9. The number of esters is 1. The SMILES string of the molecule is CCOC(=O)C1CCCN(C(=O)c2ccc(OCC(F)(F)F)nc2)C1. The van der Waals surface area contributed by atoms with Gasteiger partial charge in [-0.05, 0) is 25.8 Å². The van der Waals surface area contributed by atoms with Crippen molar-refractivity contribution in [3.8, 4) is 5.88 Å². The number of piperidine rings is 1. The van der Waals surface area contributed by atoms with Crippen LogP contribution in [-0.4, -0.2) is 54.2 Å². The number of pyridine rings is 1. The topological polar surface area (TPSA) is 68.7 Å². The maximum atomic E-state index is 12.5. The van der Waals surface area contributed by atoms with E-state index in [4.69, 9.17) is 4.74 Å². The predicted octanol–water partition coefficient (Wildman–Crippen LogP) is 2.44. The van der Waals surface area contributed by atoms with Gasteiger partial charge in [-0.25, -0.2) is 4.98 Å². The third-order valence-corrected chi connectivity index (χ3v) is 3.70. The van der Waals surface area contributed by atoms with Crippen molar-refractivity contribution in [3.63, 3.8) is 0 Å². The lowest BCUT2D eigenvalue weighted by atomic mass is 9.97. The number of hydrogen-bond donors (Lipinski definition) is 0. The smallest absolute Gasteiger partial charge is 0.422 e. The molecule has 1 saturated heterocycles. The number of hydrogen-bond acceptors (Lipinski definition) is 5. The highest BCUT2D eigenvalue weighted by Gasteiger charge is 2.30. The molecule has 0 saturated carbocycles. The van der Waals surface area contributed by atoms with Crippen LogP contribution in [0.2, 0.25) is 0 Å². The van der Waals surface area contributed by atoms with Crippen LogP contribution in [0.5, 0.6) is 5.88 Å². The van der Waals surface area contributed by atoms with E-state index < -0.39 is 12.8 Å². The van der Waals surface area contributed by atoms with Crippen LogP contribution in [0.1, 0.15) is 30.1 Å². The zero-order chi connectivity index (χ0) is 18.4. The number of alkyl halides is 3. The van der Waals surface area contributed by atoms with Gasteiger partial charge in [-0.3, -0.25) is 9.59 Å². The van der Waals surface area contributed by atoms with Crippen molar-refractivity contribution in [1.29, 1.82) is 0 Å². The zero-order valence-corrected chi connectivity index (χ0v) is 13.7. The van der Waals surface area contributed by atoms with Crippen molar-refractivity contribution in [2.24, 2.45) is 5.92 Å². The van der Waals surface area contributed by atoms with Gasteiger partial charge in [0, 0.05) is 25.4 Å². The van der Waals surface area contributed by atoms with Crippen LogP contribution in [0.25, 0.3) is 0 Å². The summed E-state index contributed by atoms with van der Waals surface area (Å²) in [7, 11) is 0. The molecule has 1 fully saturated rings. The quantitative estimate of drug-likeness (QED) is 0.755. The molecule has 1 aromatic rings. The number of likely N-dealkylation sites (tertiary alicyclic amines) is 1. The second kappa shape index (κ2) is 8.17. The number of carbonyl (C=O) groups excluding carboxylic acids is 2. The molecule has 1 atom stereocenters. The second-order valence-electron chi connectivity index (χ2n) is 5.63. The highest BCUT2D eigenvalue weighted by molar-refractivity contribution is 5.94. The molecule has 1 aromatic heterocycles. The van der Waals surface area contributed by atoms with E-state index in [0.29, 0.717) is 19.4 Å². The van der Waals surface area contributed by atoms with Crippen molar-refractivity contribution < 1.29 is 32.2 Å². The largest absolute Gasteiger partial charge is 0.468 e.